The first-order valence-corrected chi connectivity index (χ1v) is 3.60. The molecular formula is C8H13FO2. The third kappa shape index (κ3) is 2.70. The zero-order valence-corrected chi connectivity index (χ0v) is 6.64. The Hall–Kier alpha value is -0.860. The van der Waals surface area contributed by atoms with Gasteiger partial charge in [0.2, 0.25) is 5.67 Å². The van der Waals surface area contributed by atoms with E-state index in [0.717, 1.165) is 0 Å². The lowest BCUT2D eigenvalue weighted by Gasteiger charge is -2.17. The summed E-state index contributed by atoms with van der Waals surface area (Å²) in [5.41, 5.74) is -2.10. The lowest BCUT2D eigenvalue weighted by atomic mass is 9.96. The maximum Gasteiger partial charge on any atom is 0.341 e. The molecule has 0 heterocycles. The molecule has 0 bridgehead atoms. The summed E-state index contributed by atoms with van der Waals surface area (Å²) < 4.78 is 13.2. The van der Waals surface area contributed by atoms with Gasteiger partial charge in [-0.2, -0.15) is 0 Å². The van der Waals surface area contributed by atoms with Crippen molar-refractivity contribution in [2.24, 2.45) is 0 Å². The molecule has 0 radical (unpaired) electrons. The monoisotopic (exact) mass is 160 g/mol. The molecule has 0 aliphatic rings. The standard InChI is InChI=1S/C8H13FO2/c1-3-5-8(9,6-4-2)7(10)11/h3H,1,4-6H2,2H3,(H,10,11). The van der Waals surface area contributed by atoms with E-state index >= 15 is 0 Å². The van der Waals surface area contributed by atoms with Crippen LogP contribution < -0.4 is 0 Å². The van der Waals surface area contributed by atoms with Crippen molar-refractivity contribution in [3.8, 4) is 0 Å². The van der Waals surface area contributed by atoms with Crippen molar-refractivity contribution in [2.75, 3.05) is 0 Å². The number of carboxylic acid groups (broad SMARTS) is 1. The highest BCUT2D eigenvalue weighted by Gasteiger charge is 2.35. The Morgan fingerprint density at radius 1 is 1.82 bits per heavy atom. The van der Waals surface area contributed by atoms with Crippen LogP contribution >= 0.6 is 0 Å². The highest BCUT2D eigenvalue weighted by molar-refractivity contribution is 5.77. The molecule has 1 N–H and O–H groups in total. The van der Waals surface area contributed by atoms with E-state index in [0.29, 0.717) is 6.42 Å². The van der Waals surface area contributed by atoms with Crippen LogP contribution in [0.25, 0.3) is 0 Å². The van der Waals surface area contributed by atoms with E-state index in [4.69, 9.17) is 5.11 Å². The molecule has 0 aliphatic heterocycles. The number of carboxylic acids is 1. The van der Waals surface area contributed by atoms with Gasteiger partial charge in [-0.05, 0) is 6.42 Å². The van der Waals surface area contributed by atoms with Crippen molar-refractivity contribution in [2.45, 2.75) is 31.9 Å². The molecule has 64 valence electrons. The largest absolute Gasteiger partial charge is 0.479 e. The zero-order chi connectivity index (χ0) is 8.91. The molecule has 0 saturated carbocycles. The number of halogens is 1. The first kappa shape index (κ1) is 10.1. The smallest absolute Gasteiger partial charge is 0.341 e. The summed E-state index contributed by atoms with van der Waals surface area (Å²) in [4.78, 5) is 10.4. The number of rotatable bonds is 5. The topological polar surface area (TPSA) is 37.3 Å². The van der Waals surface area contributed by atoms with Crippen LogP contribution in [0.2, 0.25) is 0 Å². The van der Waals surface area contributed by atoms with E-state index < -0.39 is 11.6 Å². The van der Waals surface area contributed by atoms with Crippen molar-refractivity contribution in [3.05, 3.63) is 12.7 Å². The third-order valence-electron chi connectivity index (χ3n) is 1.50. The molecule has 0 aromatic carbocycles. The summed E-state index contributed by atoms with van der Waals surface area (Å²) in [6.45, 7) is 5.06. The van der Waals surface area contributed by atoms with Gasteiger partial charge in [-0.1, -0.05) is 19.4 Å². The summed E-state index contributed by atoms with van der Waals surface area (Å²) in [7, 11) is 0. The lowest BCUT2D eigenvalue weighted by molar-refractivity contribution is -0.151. The Balaban J connectivity index is 4.24. The number of hydrogen-bond donors (Lipinski definition) is 1. The molecule has 0 spiro atoms. The van der Waals surface area contributed by atoms with E-state index in [1.807, 2.05) is 0 Å². The third-order valence-corrected chi connectivity index (χ3v) is 1.50. The van der Waals surface area contributed by atoms with Gasteiger partial charge in [-0.25, -0.2) is 9.18 Å². The Bertz CT molecular complexity index is 156. The molecule has 0 rings (SSSR count). The summed E-state index contributed by atoms with van der Waals surface area (Å²) in [6, 6.07) is 0. The summed E-state index contributed by atoms with van der Waals surface area (Å²) >= 11 is 0. The minimum Gasteiger partial charge on any atom is -0.479 e. The van der Waals surface area contributed by atoms with E-state index in [-0.39, 0.29) is 12.8 Å². The maximum absolute atomic E-state index is 13.2. The van der Waals surface area contributed by atoms with Gasteiger partial charge in [0, 0.05) is 6.42 Å². The number of aliphatic carboxylic acids is 1. The molecule has 11 heavy (non-hydrogen) atoms. The average Bonchev–Trinajstić information content (AvgIpc) is 1.88. The predicted molar refractivity (Wildman–Crippen MR) is 41.2 cm³/mol. The molecule has 0 saturated heterocycles. The Kier molecular flexibility index (Phi) is 3.79. The normalized spacial score (nSPS) is 15.5. The van der Waals surface area contributed by atoms with Crippen LogP contribution in [0.15, 0.2) is 12.7 Å². The molecule has 1 unspecified atom stereocenters. The second-order valence-electron chi connectivity index (χ2n) is 2.51. The quantitative estimate of drug-likeness (QED) is 0.626. The van der Waals surface area contributed by atoms with Gasteiger partial charge in [0.05, 0.1) is 0 Å². The van der Waals surface area contributed by atoms with Gasteiger partial charge in [-0.3, -0.25) is 0 Å². The van der Waals surface area contributed by atoms with Crippen molar-refractivity contribution in [1.82, 2.24) is 0 Å². The zero-order valence-electron chi connectivity index (χ0n) is 6.64. The molecule has 3 heteroatoms. The van der Waals surface area contributed by atoms with E-state index in [2.05, 4.69) is 6.58 Å². The van der Waals surface area contributed by atoms with Gasteiger partial charge in [0.15, 0.2) is 0 Å². The van der Waals surface area contributed by atoms with Crippen molar-refractivity contribution in [3.63, 3.8) is 0 Å². The maximum atomic E-state index is 13.2. The molecule has 0 amide bonds. The fraction of sp³-hybridized carbons (Fsp3) is 0.625. The first-order valence-electron chi connectivity index (χ1n) is 3.60. The minimum absolute atomic E-state index is 0.0500. The van der Waals surface area contributed by atoms with Gasteiger partial charge in [0.1, 0.15) is 0 Å². The molecular weight excluding hydrogens is 147 g/mol. The lowest BCUT2D eigenvalue weighted by Crippen LogP contribution is -2.32. The molecule has 0 fully saturated rings. The van der Waals surface area contributed by atoms with Crippen LogP contribution in [0.3, 0.4) is 0 Å². The van der Waals surface area contributed by atoms with Gasteiger partial charge in [-0.15, -0.1) is 6.58 Å². The summed E-state index contributed by atoms with van der Waals surface area (Å²) in [6.07, 6.45) is 1.75. The fourth-order valence-electron chi connectivity index (χ4n) is 0.921. The van der Waals surface area contributed by atoms with Crippen LogP contribution in [0.4, 0.5) is 4.39 Å². The van der Waals surface area contributed by atoms with Crippen molar-refractivity contribution in [1.29, 1.82) is 0 Å². The van der Waals surface area contributed by atoms with Gasteiger partial charge < -0.3 is 5.11 Å². The van der Waals surface area contributed by atoms with Gasteiger partial charge in [0.25, 0.3) is 0 Å². The van der Waals surface area contributed by atoms with Crippen molar-refractivity contribution < 1.29 is 14.3 Å². The molecule has 0 aromatic heterocycles. The van der Waals surface area contributed by atoms with Crippen LogP contribution in [0.1, 0.15) is 26.2 Å². The SMILES string of the molecule is C=CCC(F)(CCC)C(=O)O. The Morgan fingerprint density at radius 2 is 2.36 bits per heavy atom. The summed E-state index contributed by atoms with van der Waals surface area (Å²) in [5, 5.41) is 8.47. The predicted octanol–water partition coefficient (Wildman–Crippen LogP) is 2.16. The van der Waals surface area contributed by atoms with E-state index in [9.17, 15) is 9.18 Å². The molecule has 1 atom stereocenters. The summed E-state index contributed by atoms with van der Waals surface area (Å²) in [5.74, 6) is -1.39. The second kappa shape index (κ2) is 4.11. The Labute approximate surface area is 65.7 Å². The molecule has 2 nitrogen and oxygen atoms in total. The molecule has 0 aromatic rings. The number of carbonyl (C=O) groups is 1. The fourth-order valence-corrected chi connectivity index (χ4v) is 0.921. The highest BCUT2D eigenvalue weighted by Crippen LogP contribution is 2.23. The minimum atomic E-state index is -2.10. The number of hydrogen-bond acceptors (Lipinski definition) is 1. The highest BCUT2D eigenvalue weighted by atomic mass is 19.1. The molecule has 0 aliphatic carbocycles. The van der Waals surface area contributed by atoms with Crippen molar-refractivity contribution >= 4 is 5.97 Å². The van der Waals surface area contributed by atoms with Crippen LogP contribution in [0.5, 0.6) is 0 Å². The average molecular weight is 160 g/mol. The van der Waals surface area contributed by atoms with E-state index in [1.165, 1.54) is 6.08 Å². The first-order chi connectivity index (χ1) is 5.06. The van der Waals surface area contributed by atoms with Crippen LogP contribution in [0, 0.1) is 0 Å². The Morgan fingerprint density at radius 3 is 2.64 bits per heavy atom. The van der Waals surface area contributed by atoms with Crippen LogP contribution in [-0.2, 0) is 4.79 Å². The second-order valence-corrected chi connectivity index (χ2v) is 2.51. The van der Waals surface area contributed by atoms with E-state index in [1.54, 1.807) is 6.92 Å². The van der Waals surface area contributed by atoms with Gasteiger partial charge >= 0.3 is 5.97 Å². The van der Waals surface area contributed by atoms with Crippen LogP contribution in [-0.4, -0.2) is 16.7 Å². The number of alkyl halides is 1. The number of allylic oxidation sites excluding steroid dienone is 1.